The summed E-state index contributed by atoms with van der Waals surface area (Å²) in [4.78, 5) is 5.63. The molecule has 0 atom stereocenters. The van der Waals surface area contributed by atoms with E-state index < -0.39 is 0 Å². The third-order valence-electron chi connectivity index (χ3n) is 2.18. The van der Waals surface area contributed by atoms with Gasteiger partial charge in [-0.15, -0.1) is 11.3 Å². The molecule has 2 rings (SSSR count). The minimum Gasteiger partial charge on any atom is -0.329 e. The van der Waals surface area contributed by atoms with Crippen LogP contribution < -0.4 is 5.32 Å². The molecule has 0 aliphatic rings. The fraction of sp³-hybridized carbons (Fsp3) is 0.300. The molecule has 2 aromatic heterocycles. The zero-order chi connectivity index (χ0) is 9.97. The number of hydrogen-bond acceptors (Lipinski definition) is 3. The van der Waals surface area contributed by atoms with Crippen LogP contribution in [0.3, 0.4) is 0 Å². The molecule has 0 saturated carbocycles. The standard InChI is InChI=1S/C10H13N3S/c1-11-6-8-7-12-10(13(8)2)9-4-3-5-14-9/h3-5,7,11H,6H2,1-2H3. The molecule has 0 aromatic carbocycles. The fourth-order valence-corrected chi connectivity index (χ4v) is 2.18. The summed E-state index contributed by atoms with van der Waals surface area (Å²) in [6.45, 7) is 0.856. The first-order valence-corrected chi connectivity index (χ1v) is 5.40. The summed E-state index contributed by atoms with van der Waals surface area (Å²) in [5, 5.41) is 5.20. The van der Waals surface area contributed by atoms with Gasteiger partial charge in [0, 0.05) is 13.6 Å². The summed E-state index contributed by atoms with van der Waals surface area (Å²) in [7, 11) is 3.99. The van der Waals surface area contributed by atoms with E-state index in [0.29, 0.717) is 0 Å². The Morgan fingerprint density at radius 3 is 3.07 bits per heavy atom. The lowest BCUT2D eigenvalue weighted by Crippen LogP contribution is -2.09. The van der Waals surface area contributed by atoms with Crippen LogP contribution in [0.25, 0.3) is 10.7 Å². The molecule has 3 nitrogen and oxygen atoms in total. The normalized spacial score (nSPS) is 10.7. The van der Waals surface area contributed by atoms with Gasteiger partial charge >= 0.3 is 0 Å². The van der Waals surface area contributed by atoms with Gasteiger partial charge in [-0.2, -0.15) is 0 Å². The highest BCUT2D eigenvalue weighted by molar-refractivity contribution is 7.13. The summed E-state index contributed by atoms with van der Waals surface area (Å²) in [6.07, 6.45) is 1.92. The molecule has 1 N–H and O–H groups in total. The minimum atomic E-state index is 0.856. The molecule has 2 aromatic rings. The van der Waals surface area contributed by atoms with Crippen molar-refractivity contribution in [1.82, 2.24) is 14.9 Å². The van der Waals surface area contributed by atoms with Gasteiger partial charge in [-0.1, -0.05) is 6.07 Å². The lowest BCUT2D eigenvalue weighted by Gasteiger charge is -2.03. The minimum absolute atomic E-state index is 0.856. The predicted molar refractivity (Wildman–Crippen MR) is 59.3 cm³/mol. The Hall–Kier alpha value is -1.13. The maximum Gasteiger partial charge on any atom is 0.149 e. The van der Waals surface area contributed by atoms with Crippen LogP contribution in [-0.4, -0.2) is 16.6 Å². The average Bonchev–Trinajstić information content (AvgIpc) is 2.77. The van der Waals surface area contributed by atoms with Gasteiger partial charge in [-0.25, -0.2) is 4.98 Å². The summed E-state index contributed by atoms with van der Waals surface area (Å²) in [5.74, 6) is 1.05. The van der Waals surface area contributed by atoms with Crippen LogP contribution in [0, 0.1) is 0 Å². The number of rotatable bonds is 3. The van der Waals surface area contributed by atoms with Crippen LogP contribution in [0.4, 0.5) is 0 Å². The quantitative estimate of drug-likeness (QED) is 0.832. The second-order valence-electron chi connectivity index (χ2n) is 3.14. The van der Waals surface area contributed by atoms with Gasteiger partial charge in [-0.3, -0.25) is 0 Å². The van der Waals surface area contributed by atoms with E-state index in [0.717, 1.165) is 12.4 Å². The van der Waals surface area contributed by atoms with Crippen molar-refractivity contribution >= 4 is 11.3 Å². The zero-order valence-electron chi connectivity index (χ0n) is 8.32. The van der Waals surface area contributed by atoms with Gasteiger partial charge < -0.3 is 9.88 Å². The van der Waals surface area contributed by atoms with Gasteiger partial charge in [-0.05, 0) is 18.5 Å². The van der Waals surface area contributed by atoms with E-state index in [-0.39, 0.29) is 0 Å². The van der Waals surface area contributed by atoms with Crippen molar-refractivity contribution in [1.29, 1.82) is 0 Å². The first-order chi connectivity index (χ1) is 6.83. The number of imidazole rings is 1. The van der Waals surface area contributed by atoms with Crippen molar-refractivity contribution in [3.05, 3.63) is 29.4 Å². The van der Waals surface area contributed by atoms with E-state index in [1.807, 2.05) is 19.3 Å². The van der Waals surface area contributed by atoms with Gasteiger partial charge in [0.05, 0.1) is 16.8 Å². The fourth-order valence-electron chi connectivity index (χ4n) is 1.42. The SMILES string of the molecule is CNCc1cnc(-c2cccs2)n1C. The predicted octanol–water partition coefficient (Wildman–Crippen LogP) is 1.87. The highest BCUT2D eigenvalue weighted by Gasteiger charge is 2.07. The Labute approximate surface area is 87.4 Å². The van der Waals surface area contributed by atoms with Crippen LogP contribution in [0.15, 0.2) is 23.7 Å². The molecule has 0 radical (unpaired) electrons. The largest absolute Gasteiger partial charge is 0.329 e. The molecule has 0 aliphatic carbocycles. The number of hydrogen-bond donors (Lipinski definition) is 1. The molecule has 0 amide bonds. The van der Waals surface area contributed by atoms with E-state index in [1.165, 1.54) is 10.6 Å². The monoisotopic (exact) mass is 207 g/mol. The lowest BCUT2D eigenvalue weighted by molar-refractivity contribution is 0.738. The van der Waals surface area contributed by atoms with Crippen LogP contribution in [-0.2, 0) is 13.6 Å². The maximum absolute atomic E-state index is 4.41. The summed E-state index contributed by atoms with van der Waals surface area (Å²) in [5.41, 5.74) is 1.20. The highest BCUT2D eigenvalue weighted by atomic mass is 32.1. The van der Waals surface area contributed by atoms with E-state index in [2.05, 4.69) is 33.4 Å². The van der Waals surface area contributed by atoms with Crippen LogP contribution >= 0.6 is 11.3 Å². The molecular formula is C10H13N3S. The van der Waals surface area contributed by atoms with Gasteiger partial charge in [0.15, 0.2) is 0 Å². The molecule has 0 fully saturated rings. The van der Waals surface area contributed by atoms with Crippen molar-refractivity contribution < 1.29 is 0 Å². The lowest BCUT2D eigenvalue weighted by atomic mass is 10.4. The number of nitrogens with zero attached hydrogens (tertiary/aromatic N) is 2. The maximum atomic E-state index is 4.41. The second-order valence-corrected chi connectivity index (χ2v) is 4.09. The van der Waals surface area contributed by atoms with Gasteiger partial charge in [0.1, 0.15) is 5.82 Å². The van der Waals surface area contributed by atoms with Crippen molar-refractivity contribution in [2.45, 2.75) is 6.54 Å². The number of thiophene rings is 1. The van der Waals surface area contributed by atoms with Crippen LogP contribution in [0.2, 0.25) is 0 Å². The van der Waals surface area contributed by atoms with Crippen LogP contribution in [0.1, 0.15) is 5.69 Å². The molecule has 14 heavy (non-hydrogen) atoms. The molecule has 0 unspecified atom stereocenters. The van der Waals surface area contributed by atoms with E-state index >= 15 is 0 Å². The highest BCUT2D eigenvalue weighted by Crippen LogP contribution is 2.23. The van der Waals surface area contributed by atoms with Crippen LogP contribution in [0.5, 0.6) is 0 Å². The molecule has 4 heteroatoms. The van der Waals surface area contributed by atoms with Crippen molar-refractivity contribution in [3.8, 4) is 10.7 Å². The van der Waals surface area contributed by atoms with Gasteiger partial charge in [0.25, 0.3) is 0 Å². The zero-order valence-corrected chi connectivity index (χ0v) is 9.14. The summed E-state index contributed by atoms with van der Waals surface area (Å²) < 4.78 is 2.13. The number of nitrogens with one attached hydrogen (secondary N) is 1. The number of aromatic nitrogens is 2. The molecule has 74 valence electrons. The van der Waals surface area contributed by atoms with Crippen molar-refractivity contribution in [2.75, 3.05) is 7.05 Å². The van der Waals surface area contributed by atoms with E-state index in [1.54, 1.807) is 11.3 Å². The smallest absolute Gasteiger partial charge is 0.149 e. The summed E-state index contributed by atoms with van der Waals surface area (Å²) >= 11 is 1.72. The van der Waals surface area contributed by atoms with E-state index in [4.69, 9.17) is 0 Å². The molecule has 0 aliphatic heterocycles. The Balaban J connectivity index is 2.36. The Morgan fingerprint density at radius 1 is 1.57 bits per heavy atom. The molecular weight excluding hydrogens is 194 g/mol. The second kappa shape index (κ2) is 3.94. The Bertz CT molecular complexity index is 403. The third-order valence-corrected chi connectivity index (χ3v) is 3.05. The average molecular weight is 207 g/mol. The summed E-state index contributed by atoms with van der Waals surface area (Å²) in [6, 6.07) is 4.14. The first-order valence-electron chi connectivity index (χ1n) is 4.52. The van der Waals surface area contributed by atoms with Gasteiger partial charge in [0.2, 0.25) is 0 Å². The van der Waals surface area contributed by atoms with Crippen molar-refractivity contribution in [3.63, 3.8) is 0 Å². The Kier molecular flexibility index (Phi) is 2.65. The Morgan fingerprint density at radius 2 is 2.43 bits per heavy atom. The topological polar surface area (TPSA) is 29.9 Å². The molecule has 0 spiro atoms. The first kappa shape index (κ1) is 9.43. The molecule has 2 heterocycles. The third kappa shape index (κ3) is 1.58. The van der Waals surface area contributed by atoms with Crippen molar-refractivity contribution in [2.24, 2.45) is 7.05 Å². The molecule has 0 saturated heterocycles. The molecule has 0 bridgehead atoms. The van der Waals surface area contributed by atoms with E-state index in [9.17, 15) is 0 Å².